The summed E-state index contributed by atoms with van der Waals surface area (Å²) in [6.07, 6.45) is 1.35. The molecular formula is C11H12N4O3. The second kappa shape index (κ2) is 4.74. The van der Waals surface area contributed by atoms with Crippen LogP contribution in [-0.4, -0.2) is 43.2 Å². The Balaban J connectivity index is 2.15. The molecule has 94 valence electrons. The molecule has 7 nitrogen and oxygen atoms in total. The molecule has 0 atom stereocenters. The van der Waals surface area contributed by atoms with Gasteiger partial charge in [0.05, 0.1) is 12.1 Å². The van der Waals surface area contributed by atoms with Crippen LogP contribution < -0.4 is 0 Å². The predicted octanol–water partition coefficient (Wildman–Crippen LogP) is 0.488. The standard InChI is InChI=1S/C11H12N4O3/c1-15(5-10-12-6-13-14-10)11(18)8-3-2-7(16)4-9(8)17/h2-4,6,16-17H,5H2,1H3,(H,12,13,14). The van der Waals surface area contributed by atoms with Crippen LogP contribution >= 0.6 is 0 Å². The molecule has 0 radical (unpaired) electrons. The van der Waals surface area contributed by atoms with Crippen LogP contribution in [0.5, 0.6) is 11.5 Å². The number of rotatable bonds is 3. The molecule has 0 aliphatic carbocycles. The molecule has 0 bridgehead atoms. The van der Waals surface area contributed by atoms with E-state index in [0.29, 0.717) is 5.82 Å². The van der Waals surface area contributed by atoms with Gasteiger partial charge < -0.3 is 15.1 Å². The van der Waals surface area contributed by atoms with Crippen LogP contribution in [0.1, 0.15) is 16.2 Å². The normalized spacial score (nSPS) is 10.3. The summed E-state index contributed by atoms with van der Waals surface area (Å²) < 4.78 is 0. The molecular weight excluding hydrogens is 236 g/mol. The molecule has 1 amide bonds. The molecule has 1 aromatic carbocycles. The van der Waals surface area contributed by atoms with Crippen molar-refractivity contribution in [2.75, 3.05) is 7.05 Å². The molecule has 0 aliphatic heterocycles. The monoisotopic (exact) mass is 248 g/mol. The van der Waals surface area contributed by atoms with Crippen molar-refractivity contribution in [3.8, 4) is 11.5 Å². The van der Waals surface area contributed by atoms with Gasteiger partial charge in [0.1, 0.15) is 23.7 Å². The van der Waals surface area contributed by atoms with E-state index < -0.39 is 0 Å². The van der Waals surface area contributed by atoms with Crippen molar-refractivity contribution >= 4 is 5.91 Å². The fourth-order valence-electron chi connectivity index (χ4n) is 1.51. The molecule has 0 unspecified atom stereocenters. The van der Waals surface area contributed by atoms with E-state index in [4.69, 9.17) is 5.11 Å². The highest BCUT2D eigenvalue weighted by Crippen LogP contribution is 2.23. The summed E-state index contributed by atoms with van der Waals surface area (Å²) in [7, 11) is 1.58. The number of aromatic hydroxyl groups is 2. The molecule has 0 fully saturated rings. The minimum Gasteiger partial charge on any atom is -0.508 e. The van der Waals surface area contributed by atoms with Crippen molar-refractivity contribution in [3.05, 3.63) is 35.9 Å². The Hall–Kier alpha value is -2.57. The van der Waals surface area contributed by atoms with E-state index in [0.717, 1.165) is 6.07 Å². The molecule has 7 heteroatoms. The van der Waals surface area contributed by atoms with Crippen LogP contribution in [0.3, 0.4) is 0 Å². The maximum atomic E-state index is 12.0. The van der Waals surface area contributed by atoms with Crippen molar-refractivity contribution in [3.63, 3.8) is 0 Å². The summed E-state index contributed by atoms with van der Waals surface area (Å²) >= 11 is 0. The number of carbonyl (C=O) groups is 1. The zero-order valence-corrected chi connectivity index (χ0v) is 9.66. The predicted molar refractivity (Wildman–Crippen MR) is 62.0 cm³/mol. The summed E-state index contributed by atoms with van der Waals surface area (Å²) in [5.74, 6) is -0.181. The van der Waals surface area contributed by atoms with Gasteiger partial charge in [0.25, 0.3) is 5.91 Å². The Morgan fingerprint density at radius 1 is 1.44 bits per heavy atom. The van der Waals surface area contributed by atoms with E-state index >= 15 is 0 Å². The van der Waals surface area contributed by atoms with Crippen LogP contribution in [0, 0.1) is 0 Å². The molecule has 18 heavy (non-hydrogen) atoms. The Kier molecular flexibility index (Phi) is 3.13. The summed E-state index contributed by atoms with van der Waals surface area (Å²) in [5, 5.41) is 25.1. The molecule has 2 aromatic rings. The fraction of sp³-hybridized carbons (Fsp3) is 0.182. The van der Waals surface area contributed by atoms with Gasteiger partial charge in [-0.15, -0.1) is 0 Å². The van der Waals surface area contributed by atoms with Crippen molar-refractivity contribution in [1.29, 1.82) is 0 Å². The first-order valence-electron chi connectivity index (χ1n) is 5.19. The zero-order valence-electron chi connectivity index (χ0n) is 9.66. The second-order valence-electron chi connectivity index (χ2n) is 3.79. The molecule has 0 saturated heterocycles. The number of hydrogen-bond donors (Lipinski definition) is 3. The van der Waals surface area contributed by atoms with Gasteiger partial charge in [-0.1, -0.05) is 0 Å². The van der Waals surface area contributed by atoms with Crippen molar-refractivity contribution in [2.24, 2.45) is 0 Å². The summed E-state index contributed by atoms with van der Waals surface area (Å²) in [6.45, 7) is 0.249. The maximum absolute atomic E-state index is 12.0. The minimum atomic E-state index is -0.371. The van der Waals surface area contributed by atoms with Gasteiger partial charge in [0, 0.05) is 13.1 Å². The third kappa shape index (κ3) is 2.40. The number of nitrogens with one attached hydrogen (secondary N) is 1. The van der Waals surface area contributed by atoms with Gasteiger partial charge in [0.15, 0.2) is 0 Å². The van der Waals surface area contributed by atoms with Gasteiger partial charge in [-0.2, -0.15) is 5.10 Å². The molecule has 1 aromatic heterocycles. The van der Waals surface area contributed by atoms with E-state index in [-0.39, 0.29) is 29.5 Å². The quantitative estimate of drug-likeness (QED) is 0.733. The number of aromatic amines is 1. The summed E-state index contributed by atoms with van der Waals surface area (Å²) in [5.41, 5.74) is 0.120. The van der Waals surface area contributed by atoms with Crippen molar-refractivity contribution in [1.82, 2.24) is 20.1 Å². The topological polar surface area (TPSA) is 102 Å². The Labute approximate surface area is 103 Å². The van der Waals surface area contributed by atoms with Gasteiger partial charge in [-0.25, -0.2) is 4.98 Å². The van der Waals surface area contributed by atoms with E-state index in [1.54, 1.807) is 7.05 Å². The Morgan fingerprint density at radius 3 is 2.83 bits per heavy atom. The van der Waals surface area contributed by atoms with Gasteiger partial charge >= 0.3 is 0 Å². The average molecular weight is 248 g/mol. The van der Waals surface area contributed by atoms with E-state index in [1.165, 1.54) is 23.4 Å². The van der Waals surface area contributed by atoms with Crippen molar-refractivity contribution in [2.45, 2.75) is 6.54 Å². The van der Waals surface area contributed by atoms with Gasteiger partial charge in [0.2, 0.25) is 0 Å². The number of hydrogen-bond acceptors (Lipinski definition) is 5. The smallest absolute Gasteiger partial charge is 0.257 e. The zero-order chi connectivity index (χ0) is 13.1. The number of H-pyrrole nitrogens is 1. The number of carbonyl (C=O) groups excluding carboxylic acids is 1. The maximum Gasteiger partial charge on any atom is 0.257 e. The van der Waals surface area contributed by atoms with Gasteiger partial charge in [-0.05, 0) is 12.1 Å². The van der Waals surface area contributed by atoms with Gasteiger partial charge in [-0.3, -0.25) is 9.89 Å². The average Bonchev–Trinajstić information content (AvgIpc) is 2.81. The molecule has 0 aliphatic rings. The molecule has 3 N–H and O–H groups in total. The van der Waals surface area contributed by atoms with Crippen molar-refractivity contribution < 1.29 is 15.0 Å². The lowest BCUT2D eigenvalue weighted by atomic mass is 10.1. The van der Waals surface area contributed by atoms with E-state index in [9.17, 15) is 9.90 Å². The van der Waals surface area contributed by atoms with E-state index in [2.05, 4.69) is 15.2 Å². The highest BCUT2D eigenvalue weighted by molar-refractivity contribution is 5.96. The first kappa shape index (κ1) is 11.9. The van der Waals surface area contributed by atoms with Crippen LogP contribution in [0.2, 0.25) is 0 Å². The molecule has 2 rings (SSSR count). The third-order valence-corrected chi connectivity index (χ3v) is 2.41. The minimum absolute atomic E-state index is 0.0954. The second-order valence-corrected chi connectivity index (χ2v) is 3.79. The number of benzene rings is 1. The lowest BCUT2D eigenvalue weighted by Crippen LogP contribution is -2.26. The summed E-state index contributed by atoms with van der Waals surface area (Å²) in [6, 6.07) is 3.83. The first-order chi connectivity index (χ1) is 8.58. The highest BCUT2D eigenvalue weighted by Gasteiger charge is 2.17. The van der Waals surface area contributed by atoms with Crippen LogP contribution in [-0.2, 0) is 6.54 Å². The van der Waals surface area contributed by atoms with E-state index in [1.807, 2.05) is 0 Å². The fourth-order valence-corrected chi connectivity index (χ4v) is 1.51. The number of phenols is 2. The SMILES string of the molecule is CN(Cc1ncn[nH]1)C(=O)c1ccc(O)cc1O. The molecule has 0 spiro atoms. The first-order valence-corrected chi connectivity index (χ1v) is 5.19. The third-order valence-electron chi connectivity index (χ3n) is 2.41. The highest BCUT2D eigenvalue weighted by atomic mass is 16.3. The lowest BCUT2D eigenvalue weighted by molar-refractivity contribution is 0.0778. The number of nitrogens with zero attached hydrogens (tertiary/aromatic N) is 3. The lowest BCUT2D eigenvalue weighted by Gasteiger charge is -2.16. The molecule has 1 heterocycles. The number of amides is 1. The summed E-state index contributed by atoms with van der Waals surface area (Å²) in [4.78, 5) is 17.3. The van der Waals surface area contributed by atoms with Crippen LogP contribution in [0.4, 0.5) is 0 Å². The Bertz CT molecular complexity index is 553. The number of phenolic OH excluding ortho intramolecular Hbond substituents is 2. The van der Waals surface area contributed by atoms with Crippen LogP contribution in [0.15, 0.2) is 24.5 Å². The number of aromatic nitrogens is 3. The molecule has 0 saturated carbocycles. The Morgan fingerprint density at radius 2 is 2.22 bits per heavy atom. The largest absolute Gasteiger partial charge is 0.508 e. The van der Waals surface area contributed by atoms with Crippen LogP contribution in [0.25, 0.3) is 0 Å².